The molecule has 8 heteroatoms. The van der Waals surface area contributed by atoms with Crippen LogP contribution in [0.15, 0.2) is 34.9 Å². The van der Waals surface area contributed by atoms with Gasteiger partial charge in [0.05, 0.1) is 0 Å². The molecule has 3 amide bonds. The summed E-state index contributed by atoms with van der Waals surface area (Å²) >= 11 is 0. The molecule has 1 fully saturated rings. The highest BCUT2D eigenvalue weighted by atomic mass is 16.5. The molecule has 1 aromatic carbocycles. The fourth-order valence-electron chi connectivity index (χ4n) is 2.94. The minimum Gasteiger partial charge on any atom is -0.337 e. The monoisotopic (exact) mass is 357 g/mol. The second-order valence-electron chi connectivity index (χ2n) is 6.47. The fraction of sp³-hybridized carbons (Fsp3) is 0.444. The molecular weight excluding hydrogens is 334 g/mol. The number of nitrogens with zero attached hydrogens (tertiary/aromatic N) is 3. The quantitative estimate of drug-likeness (QED) is 0.876. The van der Waals surface area contributed by atoms with Gasteiger partial charge in [-0.1, -0.05) is 23.4 Å². The number of benzene rings is 1. The molecule has 1 aliphatic rings. The van der Waals surface area contributed by atoms with Crippen molar-refractivity contribution in [3.8, 4) is 0 Å². The van der Waals surface area contributed by atoms with Crippen LogP contribution in [-0.4, -0.2) is 40.1 Å². The number of aromatic nitrogens is 2. The largest absolute Gasteiger partial charge is 0.337 e. The molecule has 0 radical (unpaired) electrons. The highest BCUT2D eigenvalue weighted by molar-refractivity contribution is 5.92. The Labute approximate surface area is 151 Å². The Morgan fingerprint density at radius 2 is 1.92 bits per heavy atom. The van der Waals surface area contributed by atoms with Gasteiger partial charge in [-0.2, -0.15) is 4.98 Å². The number of rotatable bonds is 4. The predicted molar refractivity (Wildman–Crippen MR) is 95.4 cm³/mol. The van der Waals surface area contributed by atoms with Crippen LogP contribution < -0.4 is 10.6 Å². The molecule has 1 saturated heterocycles. The number of urea groups is 1. The summed E-state index contributed by atoms with van der Waals surface area (Å²) < 4.78 is 5.07. The Kier molecular flexibility index (Phi) is 5.50. The fourth-order valence-corrected chi connectivity index (χ4v) is 2.94. The minimum absolute atomic E-state index is 0.00552. The van der Waals surface area contributed by atoms with E-state index in [0.717, 1.165) is 5.69 Å². The Balaban J connectivity index is 1.47. The van der Waals surface area contributed by atoms with Crippen LogP contribution in [0, 0.1) is 12.8 Å². The third kappa shape index (κ3) is 4.38. The van der Waals surface area contributed by atoms with Crippen LogP contribution in [0.2, 0.25) is 0 Å². The Bertz CT molecular complexity index is 753. The number of carbonyl (C=O) groups excluding carboxylic acids is 2. The van der Waals surface area contributed by atoms with E-state index in [1.807, 2.05) is 30.3 Å². The molecule has 2 aromatic rings. The lowest BCUT2D eigenvalue weighted by Gasteiger charge is -2.31. The lowest BCUT2D eigenvalue weighted by Crippen LogP contribution is -2.46. The van der Waals surface area contributed by atoms with Gasteiger partial charge in [0.15, 0.2) is 5.82 Å². The number of aryl methyl sites for hydroxylation is 1. The summed E-state index contributed by atoms with van der Waals surface area (Å²) in [5.74, 6) is 0.834. The molecule has 0 saturated carbocycles. The number of hydrogen-bond donors (Lipinski definition) is 2. The van der Waals surface area contributed by atoms with Crippen molar-refractivity contribution in [2.45, 2.75) is 32.7 Å². The molecule has 26 heavy (non-hydrogen) atoms. The average Bonchev–Trinajstić information content (AvgIpc) is 3.09. The van der Waals surface area contributed by atoms with Gasteiger partial charge >= 0.3 is 6.03 Å². The first-order valence-electron chi connectivity index (χ1n) is 8.74. The number of carbonyl (C=O) groups is 2. The zero-order valence-corrected chi connectivity index (χ0v) is 14.9. The average molecular weight is 357 g/mol. The number of amides is 3. The lowest BCUT2D eigenvalue weighted by molar-refractivity contribution is -0.121. The molecule has 1 atom stereocenters. The summed E-state index contributed by atoms with van der Waals surface area (Å²) in [6.07, 6.45) is 1.28. The Morgan fingerprint density at radius 1 is 1.23 bits per heavy atom. The first kappa shape index (κ1) is 17.9. The van der Waals surface area contributed by atoms with Gasteiger partial charge in [0, 0.05) is 24.7 Å². The molecule has 0 aliphatic carbocycles. The van der Waals surface area contributed by atoms with Gasteiger partial charge < -0.3 is 20.1 Å². The number of nitrogens with one attached hydrogen (secondary N) is 2. The Hall–Kier alpha value is -2.90. The van der Waals surface area contributed by atoms with E-state index in [1.165, 1.54) is 0 Å². The second-order valence-corrected chi connectivity index (χ2v) is 6.47. The lowest BCUT2D eigenvalue weighted by atomic mass is 9.96. The van der Waals surface area contributed by atoms with Crippen LogP contribution in [-0.2, 0) is 4.79 Å². The van der Waals surface area contributed by atoms with Crippen molar-refractivity contribution in [3.63, 3.8) is 0 Å². The molecule has 0 bridgehead atoms. The van der Waals surface area contributed by atoms with Crippen molar-refractivity contribution in [1.82, 2.24) is 20.4 Å². The van der Waals surface area contributed by atoms with Crippen molar-refractivity contribution in [2.24, 2.45) is 5.92 Å². The molecule has 1 aliphatic heterocycles. The van der Waals surface area contributed by atoms with Crippen LogP contribution >= 0.6 is 0 Å². The van der Waals surface area contributed by atoms with Crippen molar-refractivity contribution < 1.29 is 14.1 Å². The molecule has 1 unspecified atom stereocenters. The zero-order chi connectivity index (χ0) is 18.5. The van der Waals surface area contributed by atoms with E-state index in [-0.39, 0.29) is 23.9 Å². The number of piperidine rings is 1. The van der Waals surface area contributed by atoms with E-state index in [2.05, 4.69) is 20.8 Å². The summed E-state index contributed by atoms with van der Waals surface area (Å²) in [4.78, 5) is 30.6. The molecule has 3 rings (SSSR count). The van der Waals surface area contributed by atoms with Crippen LogP contribution in [0.25, 0.3) is 0 Å². The molecule has 0 spiro atoms. The van der Waals surface area contributed by atoms with Crippen molar-refractivity contribution in [2.75, 3.05) is 18.4 Å². The summed E-state index contributed by atoms with van der Waals surface area (Å²) in [7, 11) is 0. The topological polar surface area (TPSA) is 100 Å². The molecule has 2 heterocycles. The maximum atomic E-state index is 12.4. The van der Waals surface area contributed by atoms with Gasteiger partial charge in [-0.3, -0.25) is 4.79 Å². The van der Waals surface area contributed by atoms with E-state index in [9.17, 15) is 9.59 Å². The van der Waals surface area contributed by atoms with E-state index in [1.54, 1.807) is 18.7 Å². The van der Waals surface area contributed by atoms with Crippen LogP contribution in [0.3, 0.4) is 0 Å². The molecule has 138 valence electrons. The van der Waals surface area contributed by atoms with Crippen molar-refractivity contribution in [1.29, 1.82) is 0 Å². The highest BCUT2D eigenvalue weighted by Crippen LogP contribution is 2.20. The minimum atomic E-state index is -0.359. The smallest absolute Gasteiger partial charge is 0.318 e. The van der Waals surface area contributed by atoms with Gasteiger partial charge in [0.25, 0.3) is 0 Å². The molecular formula is C18H23N5O3. The normalized spacial score (nSPS) is 16.2. The molecule has 1 aromatic heterocycles. The van der Waals surface area contributed by atoms with E-state index in [0.29, 0.717) is 37.6 Å². The summed E-state index contributed by atoms with van der Waals surface area (Å²) in [5, 5.41) is 9.51. The van der Waals surface area contributed by atoms with Crippen molar-refractivity contribution in [3.05, 3.63) is 42.0 Å². The third-order valence-electron chi connectivity index (χ3n) is 4.45. The SMILES string of the molecule is Cc1noc(C(C)NC(=O)N2CCC(C(=O)Nc3ccccc3)CC2)n1. The number of anilines is 1. The van der Waals surface area contributed by atoms with Gasteiger partial charge in [0.2, 0.25) is 11.8 Å². The van der Waals surface area contributed by atoms with Gasteiger partial charge in [-0.15, -0.1) is 0 Å². The second kappa shape index (κ2) is 7.99. The van der Waals surface area contributed by atoms with Gasteiger partial charge in [-0.05, 0) is 38.8 Å². The summed E-state index contributed by atoms with van der Waals surface area (Å²) in [6.45, 7) is 4.60. The maximum absolute atomic E-state index is 12.4. The molecule has 8 nitrogen and oxygen atoms in total. The van der Waals surface area contributed by atoms with Crippen LogP contribution in [0.1, 0.15) is 37.5 Å². The standard InChI is InChI=1S/C18H23N5O3/c1-12(17-20-13(2)22-26-17)19-18(25)23-10-8-14(9-11-23)16(24)21-15-6-4-3-5-7-15/h3-7,12,14H,8-11H2,1-2H3,(H,19,25)(H,21,24). The van der Waals surface area contributed by atoms with Crippen LogP contribution in [0.5, 0.6) is 0 Å². The molecule has 2 N–H and O–H groups in total. The first-order chi connectivity index (χ1) is 12.5. The van der Waals surface area contributed by atoms with Gasteiger partial charge in [-0.25, -0.2) is 4.79 Å². The summed E-state index contributed by atoms with van der Waals surface area (Å²) in [5.41, 5.74) is 0.793. The predicted octanol–water partition coefficient (Wildman–Crippen LogP) is 2.50. The van der Waals surface area contributed by atoms with E-state index in [4.69, 9.17) is 4.52 Å². The highest BCUT2D eigenvalue weighted by Gasteiger charge is 2.28. The number of hydrogen-bond acceptors (Lipinski definition) is 5. The Morgan fingerprint density at radius 3 is 2.54 bits per heavy atom. The number of para-hydroxylation sites is 1. The first-order valence-corrected chi connectivity index (χ1v) is 8.74. The number of likely N-dealkylation sites (tertiary alicyclic amines) is 1. The third-order valence-corrected chi connectivity index (χ3v) is 4.45. The summed E-state index contributed by atoms with van der Waals surface area (Å²) in [6, 6.07) is 8.85. The van der Waals surface area contributed by atoms with Gasteiger partial charge in [0.1, 0.15) is 6.04 Å². The van der Waals surface area contributed by atoms with E-state index >= 15 is 0 Å². The van der Waals surface area contributed by atoms with E-state index < -0.39 is 0 Å². The zero-order valence-electron chi connectivity index (χ0n) is 14.9. The van der Waals surface area contributed by atoms with Crippen molar-refractivity contribution >= 4 is 17.6 Å². The van der Waals surface area contributed by atoms with Crippen LogP contribution in [0.4, 0.5) is 10.5 Å². The maximum Gasteiger partial charge on any atom is 0.318 e.